The van der Waals surface area contributed by atoms with Crippen molar-refractivity contribution in [2.45, 2.75) is 6.54 Å². The molecule has 0 aliphatic heterocycles. The van der Waals surface area contributed by atoms with E-state index in [1.54, 1.807) is 0 Å². The number of aliphatic hydroxyl groups is 1. The Bertz CT molecular complexity index is 595. The van der Waals surface area contributed by atoms with E-state index in [0.29, 0.717) is 5.82 Å². The second kappa shape index (κ2) is 6.07. The van der Waals surface area contributed by atoms with Crippen LogP contribution in [-0.4, -0.2) is 34.6 Å². The Morgan fingerprint density at radius 2 is 2.15 bits per heavy atom. The van der Waals surface area contributed by atoms with Crippen LogP contribution in [0.1, 0.15) is 10.4 Å². The normalized spacial score (nSPS) is 10.3. The third kappa shape index (κ3) is 2.72. The van der Waals surface area contributed by atoms with Crippen molar-refractivity contribution in [1.29, 1.82) is 0 Å². The summed E-state index contributed by atoms with van der Waals surface area (Å²) < 4.78 is 6.07. The first-order chi connectivity index (χ1) is 9.67. The van der Waals surface area contributed by atoms with Crippen LogP contribution in [0.2, 0.25) is 0 Å². The predicted molar refractivity (Wildman–Crippen MR) is 74.8 cm³/mol. The number of ether oxygens (including phenoxy) is 1. The highest BCUT2D eigenvalue weighted by Crippen LogP contribution is 2.25. The lowest BCUT2D eigenvalue weighted by Gasteiger charge is -2.04. The van der Waals surface area contributed by atoms with Gasteiger partial charge in [0.2, 0.25) is 0 Å². The Hall–Kier alpha value is -2.54. The summed E-state index contributed by atoms with van der Waals surface area (Å²) in [5.41, 5.74) is 6.80. The Balaban J connectivity index is 2.40. The maximum absolute atomic E-state index is 11.8. The van der Waals surface area contributed by atoms with Gasteiger partial charge < -0.3 is 20.9 Å². The van der Waals surface area contributed by atoms with Crippen LogP contribution in [-0.2, 0) is 11.3 Å². The third-order valence-corrected chi connectivity index (χ3v) is 2.73. The van der Waals surface area contributed by atoms with Crippen LogP contribution in [0.3, 0.4) is 0 Å². The molecule has 0 saturated heterocycles. The fraction of sp³-hybridized carbons (Fsp3) is 0.231. The predicted octanol–water partition coefficient (Wildman–Crippen LogP) is 0.988. The summed E-state index contributed by atoms with van der Waals surface area (Å²) in [5.74, 6) is -0.122. The molecule has 1 aromatic heterocycles. The van der Waals surface area contributed by atoms with Crippen molar-refractivity contribution in [2.24, 2.45) is 0 Å². The highest BCUT2D eigenvalue weighted by atomic mass is 16.5. The number of nitrogens with two attached hydrogens (primary N) is 1. The number of aromatic nitrogens is 2. The number of carbonyl (C=O) groups excluding carboxylic acids is 1. The van der Waals surface area contributed by atoms with E-state index < -0.39 is 5.97 Å². The highest BCUT2D eigenvalue weighted by molar-refractivity contribution is 6.00. The zero-order chi connectivity index (χ0) is 14.5. The molecule has 20 heavy (non-hydrogen) atoms. The van der Waals surface area contributed by atoms with E-state index in [1.807, 2.05) is 30.3 Å². The van der Waals surface area contributed by atoms with E-state index >= 15 is 0 Å². The second-order valence-corrected chi connectivity index (χ2v) is 4.04. The summed E-state index contributed by atoms with van der Waals surface area (Å²) in [6.45, 7) is 0.0730. The molecular formula is C13H16N4O3. The highest BCUT2D eigenvalue weighted by Gasteiger charge is 2.22. The largest absolute Gasteiger partial charge is 0.465 e. The Morgan fingerprint density at radius 3 is 2.75 bits per heavy atom. The summed E-state index contributed by atoms with van der Waals surface area (Å²) in [7, 11) is 1.28. The van der Waals surface area contributed by atoms with Crippen molar-refractivity contribution in [1.82, 2.24) is 9.78 Å². The monoisotopic (exact) mass is 276 g/mol. The Labute approximate surface area is 116 Å². The van der Waals surface area contributed by atoms with Crippen LogP contribution in [0.5, 0.6) is 0 Å². The Morgan fingerprint density at radius 1 is 1.45 bits per heavy atom. The lowest BCUT2D eigenvalue weighted by Crippen LogP contribution is -2.10. The number of nitrogens with zero attached hydrogens (tertiary/aromatic N) is 2. The topological polar surface area (TPSA) is 102 Å². The molecule has 2 aromatic rings. The molecule has 7 heteroatoms. The smallest absolute Gasteiger partial charge is 0.345 e. The molecule has 0 fully saturated rings. The van der Waals surface area contributed by atoms with Crippen molar-refractivity contribution in [3.63, 3.8) is 0 Å². The number of para-hydroxylation sites is 1. The number of methoxy groups -OCH3 is 1. The van der Waals surface area contributed by atoms with Crippen molar-refractivity contribution in [3.05, 3.63) is 35.9 Å². The van der Waals surface area contributed by atoms with E-state index in [0.717, 1.165) is 5.69 Å². The van der Waals surface area contributed by atoms with E-state index in [-0.39, 0.29) is 24.5 Å². The number of nitrogen functional groups attached to an aromatic ring is 1. The molecule has 0 saturated carbocycles. The minimum Gasteiger partial charge on any atom is -0.465 e. The fourth-order valence-electron chi connectivity index (χ4n) is 1.79. The molecular weight excluding hydrogens is 260 g/mol. The van der Waals surface area contributed by atoms with Gasteiger partial charge >= 0.3 is 5.97 Å². The van der Waals surface area contributed by atoms with Crippen LogP contribution in [0.25, 0.3) is 0 Å². The molecule has 0 bridgehead atoms. The molecule has 1 heterocycles. The van der Waals surface area contributed by atoms with Gasteiger partial charge in [-0.2, -0.15) is 5.10 Å². The van der Waals surface area contributed by atoms with Crippen LogP contribution in [0.15, 0.2) is 30.3 Å². The SMILES string of the molecule is COC(=O)c1c(Nc2ccccc2)nn(CCO)c1N. The van der Waals surface area contributed by atoms with Gasteiger partial charge in [-0.25, -0.2) is 9.48 Å². The number of rotatable bonds is 5. The molecule has 106 valence electrons. The number of aliphatic hydroxyl groups excluding tert-OH is 1. The van der Waals surface area contributed by atoms with E-state index in [9.17, 15) is 4.79 Å². The average molecular weight is 276 g/mol. The van der Waals surface area contributed by atoms with Gasteiger partial charge in [-0.05, 0) is 12.1 Å². The van der Waals surface area contributed by atoms with Crippen LogP contribution in [0, 0.1) is 0 Å². The first-order valence-electron chi connectivity index (χ1n) is 6.05. The molecule has 0 atom stereocenters. The van der Waals surface area contributed by atoms with E-state index in [4.69, 9.17) is 15.6 Å². The number of hydrogen-bond donors (Lipinski definition) is 3. The number of esters is 1. The third-order valence-electron chi connectivity index (χ3n) is 2.73. The van der Waals surface area contributed by atoms with Crippen molar-refractivity contribution in [3.8, 4) is 0 Å². The first kappa shape index (κ1) is 13.9. The summed E-state index contributed by atoms with van der Waals surface area (Å²) in [4.78, 5) is 11.8. The van der Waals surface area contributed by atoms with Gasteiger partial charge in [0.25, 0.3) is 0 Å². The minimum atomic E-state index is -0.579. The lowest BCUT2D eigenvalue weighted by molar-refractivity contribution is 0.0603. The van der Waals surface area contributed by atoms with Gasteiger partial charge in [0.05, 0.1) is 20.3 Å². The quantitative estimate of drug-likeness (QED) is 0.704. The molecule has 0 amide bonds. The van der Waals surface area contributed by atoms with Crippen molar-refractivity contribution in [2.75, 3.05) is 24.8 Å². The van der Waals surface area contributed by atoms with Crippen LogP contribution in [0.4, 0.5) is 17.3 Å². The van der Waals surface area contributed by atoms with Gasteiger partial charge in [-0.15, -0.1) is 0 Å². The van der Waals surface area contributed by atoms with Gasteiger partial charge in [0.15, 0.2) is 5.82 Å². The molecule has 0 unspecified atom stereocenters. The van der Waals surface area contributed by atoms with Crippen LogP contribution < -0.4 is 11.1 Å². The maximum Gasteiger partial charge on any atom is 0.345 e. The van der Waals surface area contributed by atoms with Gasteiger partial charge in [-0.3, -0.25) is 0 Å². The van der Waals surface area contributed by atoms with Crippen LogP contribution >= 0.6 is 0 Å². The Kier molecular flexibility index (Phi) is 4.21. The number of hydrogen-bond acceptors (Lipinski definition) is 6. The maximum atomic E-state index is 11.8. The summed E-state index contributed by atoms with van der Waals surface area (Å²) >= 11 is 0. The van der Waals surface area contributed by atoms with Gasteiger partial charge in [0, 0.05) is 5.69 Å². The van der Waals surface area contributed by atoms with Crippen molar-refractivity contribution >= 4 is 23.3 Å². The van der Waals surface area contributed by atoms with Gasteiger partial charge in [-0.1, -0.05) is 18.2 Å². The molecule has 0 radical (unpaired) electrons. The second-order valence-electron chi connectivity index (χ2n) is 4.04. The van der Waals surface area contributed by atoms with E-state index in [2.05, 4.69) is 10.4 Å². The summed E-state index contributed by atoms with van der Waals surface area (Å²) in [5, 5.41) is 16.2. The fourth-order valence-corrected chi connectivity index (χ4v) is 1.79. The molecule has 0 aliphatic rings. The molecule has 2 rings (SSSR count). The summed E-state index contributed by atoms with van der Waals surface area (Å²) in [6, 6.07) is 9.26. The molecule has 7 nitrogen and oxygen atoms in total. The number of benzene rings is 1. The number of nitrogens with one attached hydrogen (secondary N) is 1. The lowest BCUT2D eigenvalue weighted by atomic mass is 10.2. The standard InChI is InChI=1S/C13H16N4O3/c1-20-13(19)10-11(14)17(7-8-18)16-12(10)15-9-5-3-2-4-6-9/h2-6,18H,7-8,14H2,1H3,(H,15,16). The zero-order valence-electron chi connectivity index (χ0n) is 11.0. The van der Waals surface area contributed by atoms with Gasteiger partial charge in [0.1, 0.15) is 11.4 Å². The summed E-state index contributed by atoms with van der Waals surface area (Å²) in [6.07, 6.45) is 0. The zero-order valence-corrected chi connectivity index (χ0v) is 11.0. The molecule has 0 aliphatic carbocycles. The number of carbonyl (C=O) groups is 1. The molecule has 4 N–H and O–H groups in total. The molecule has 0 spiro atoms. The average Bonchev–Trinajstić information content (AvgIpc) is 2.76. The minimum absolute atomic E-state index is 0.128. The van der Waals surface area contributed by atoms with E-state index in [1.165, 1.54) is 11.8 Å². The number of anilines is 3. The molecule has 1 aromatic carbocycles. The van der Waals surface area contributed by atoms with Crippen molar-refractivity contribution < 1.29 is 14.6 Å². The first-order valence-corrected chi connectivity index (χ1v) is 6.05.